The smallest absolute Gasteiger partial charge is 0.236 e. The first-order valence-electron chi connectivity index (χ1n) is 7.48. The van der Waals surface area contributed by atoms with Gasteiger partial charge in [-0.25, -0.2) is 9.37 Å². The molecule has 0 unspecified atom stereocenters. The summed E-state index contributed by atoms with van der Waals surface area (Å²) in [4.78, 5) is 5.59. The van der Waals surface area contributed by atoms with Crippen molar-refractivity contribution in [3.63, 3.8) is 0 Å². The molecule has 0 fully saturated rings. The van der Waals surface area contributed by atoms with Gasteiger partial charge in [-0.05, 0) is 48.7 Å². The van der Waals surface area contributed by atoms with Crippen LogP contribution in [0.15, 0.2) is 58.5 Å². The fourth-order valence-corrected chi connectivity index (χ4v) is 3.11. The van der Waals surface area contributed by atoms with Crippen LogP contribution in [0.1, 0.15) is 11.5 Å². The van der Waals surface area contributed by atoms with Crippen LogP contribution in [0.3, 0.4) is 0 Å². The molecular formula is C18H14FN3OS. The molecule has 0 aliphatic rings. The first-order chi connectivity index (χ1) is 11.7. The van der Waals surface area contributed by atoms with Crippen molar-refractivity contribution in [1.29, 1.82) is 0 Å². The van der Waals surface area contributed by atoms with Gasteiger partial charge in [0.1, 0.15) is 17.3 Å². The Kier molecular flexibility index (Phi) is 3.74. The summed E-state index contributed by atoms with van der Waals surface area (Å²) in [5, 5.41) is 6.53. The molecule has 0 spiro atoms. The van der Waals surface area contributed by atoms with E-state index in [1.54, 1.807) is 23.5 Å². The van der Waals surface area contributed by atoms with Gasteiger partial charge in [0.05, 0.1) is 17.1 Å². The summed E-state index contributed by atoms with van der Waals surface area (Å²) in [7, 11) is 0. The fraction of sp³-hybridized carbons (Fsp3) is 0.111. The fourth-order valence-electron chi connectivity index (χ4n) is 2.46. The minimum absolute atomic E-state index is 0.252. The lowest BCUT2D eigenvalue weighted by Gasteiger charge is -1.99. The Morgan fingerprint density at radius 3 is 2.75 bits per heavy atom. The van der Waals surface area contributed by atoms with E-state index in [9.17, 15) is 4.39 Å². The Labute approximate surface area is 142 Å². The molecule has 0 saturated carbocycles. The first kappa shape index (κ1) is 14.8. The minimum atomic E-state index is -0.252. The number of halogens is 1. The van der Waals surface area contributed by atoms with E-state index in [0.29, 0.717) is 12.4 Å². The highest BCUT2D eigenvalue weighted by Gasteiger charge is 2.13. The second-order valence-corrected chi connectivity index (χ2v) is 6.35. The van der Waals surface area contributed by atoms with E-state index < -0.39 is 0 Å². The molecule has 0 radical (unpaired) electrons. The molecule has 0 atom stereocenters. The van der Waals surface area contributed by atoms with Crippen molar-refractivity contribution >= 4 is 11.3 Å². The van der Waals surface area contributed by atoms with Crippen LogP contribution in [-0.2, 0) is 6.54 Å². The molecule has 3 aromatic heterocycles. The normalized spacial score (nSPS) is 11.1. The van der Waals surface area contributed by atoms with Crippen LogP contribution in [0, 0.1) is 12.7 Å². The van der Waals surface area contributed by atoms with Crippen molar-refractivity contribution < 1.29 is 8.81 Å². The summed E-state index contributed by atoms with van der Waals surface area (Å²) >= 11 is 1.60. The van der Waals surface area contributed by atoms with Crippen molar-refractivity contribution in [3.05, 3.63) is 71.3 Å². The molecule has 0 aliphatic carbocycles. The van der Waals surface area contributed by atoms with Crippen molar-refractivity contribution in [2.45, 2.75) is 13.5 Å². The lowest BCUT2D eigenvalue weighted by Crippen LogP contribution is -2.02. The number of nitrogens with zero attached hydrogens (tertiary/aromatic N) is 3. The molecule has 120 valence electrons. The number of thiophene rings is 1. The third-order valence-electron chi connectivity index (χ3n) is 3.72. The van der Waals surface area contributed by atoms with Crippen LogP contribution in [0.5, 0.6) is 0 Å². The number of oxazole rings is 1. The lowest BCUT2D eigenvalue weighted by molar-refractivity contribution is 0.537. The third-order valence-corrected chi connectivity index (χ3v) is 4.57. The first-order valence-corrected chi connectivity index (χ1v) is 8.36. The highest BCUT2D eigenvalue weighted by Crippen LogP contribution is 2.26. The van der Waals surface area contributed by atoms with E-state index in [1.807, 2.05) is 41.4 Å². The molecule has 4 nitrogen and oxygen atoms in total. The molecule has 24 heavy (non-hydrogen) atoms. The van der Waals surface area contributed by atoms with Gasteiger partial charge in [0.25, 0.3) is 0 Å². The molecule has 3 heterocycles. The summed E-state index contributed by atoms with van der Waals surface area (Å²) < 4.78 is 20.6. The number of rotatable bonds is 4. The molecule has 0 aliphatic heterocycles. The molecule has 4 aromatic rings. The van der Waals surface area contributed by atoms with Crippen LogP contribution in [0.4, 0.5) is 4.39 Å². The van der Waals surface area contributed by atoms with Gasteiger partial charge in [-0.15, -0.1) is 11.3 Å². The van der Waals surface area contributed by atoms with Gasteiger partial charge >= 0.3 is 0 Å². The SMILES string of the molecule is Cc1oc(-c2cccs2)nc1Cn1ccc(-c2ccc(F)cc2)n1. The number of hydrogen-bond acceptors (Lipinski definition) is 4. The molecule has 4 rings (SSSR count). The van der Waals surface area contributed by atoms with Crippen LogP contribution >= 0.6 is 11.3 Å². The Hall–Kier alpha value is -2.73. The van der Waals surface area contributed by atoms with Gasteiger partial charge in [0.15, 0.2) is 0 Å². The maximum absolute atomic E-state index is 13.0. The zero-order valence-electron chi connectivity index (χ0n) is 12.9. The Balaban J connectivity index is 1.57. The minimum Gasteiger partial charge on any atom is -0.440 e. The maximum atomic E-state index is 13.0. The van der Waals surface area contributed by atoms with Crippen molar-refractivity contribution in [2.24, 2.45) is 0 Å². The van der Waals surface area contributed by atoms with Crippen LogP contribution in [-0.4, -0.2) is 14.8 Å². The third kappa shape index (κ3) is 2.88. The van der Waals surface area contributed by atoms with E-state index in [2.05, 4.69) is 10.1 Å². The topological polar surface area (TPSA) is 43.9 Å². The standard InChI is InChI=1S/C18H14FN3OS/c1-12-16(20-18(23-12)17-3-2-10-24-17)11-22-9-8-15(21-22)13-4-6-14(19)7-5-13/h2-10H,11H2,1H3. The van der Waals surface area contributed by atoms with Crippen LogP contribution in [0.2, 0.25) is 0 Å². The van der Waals surface area contributed by atoms with Gasteiger partial charge < -0.3 is 4.42 Å². The van der Waals surface area contributed by atoms with E-state index >= 15 is 0 Å². The summed E-state index contributed by atoms with van der Waals surface area (Å²) in [5.41, 5.74) is 2.54. The average Bonchev–Trinajstić information content (AvgIpc) is 3.31. The monoisotopic (exact) mass is 339 g/mol. The Morgan fingerprint density at radius 2 is 2.00 bits per heavy atom. The second kappa shape index (κ2) is 6.05. The van der Waals surface area contributed by atoms with Gasteiger partial charge in [-0.1, -0.05) is 6.07 Å². The maximum Gasteiger partial charge on any atom is 0.236 e. The Bertz CT molecular complexity index is 955. The number of aryl methyl sites for hydroxylation is 1. The predicted octanol–water partition coefficient (Wildman–Crippen LogP) is 4.76. The molecule has 0 bridgehead atoms. The number of hydrogen-bond donors (Lipinski definition) is 0. The molecule has 0 amide bonds. The predicted molar refractivity (Wildman–Crippen MR) is 91.3 cm³/mol. The Morgan fingerprint density at radius 1 is 1.17 bits per heavy atom. The quantitative estimate of drug-likeness (QED) is 0.538. The highest BCUT2D eigenvalue weighted by atomic mass is 32.1. The summed E-state index contributed by atoms with van der Waals surface area (Å²) in [5.74, 6) is 1.18. The van der Waals surface area contributed by atoms with Crippen LogP contribution < -0.4 is 0 Å². The van der Waals surface area contributed by atoms with Gasteiger partial charge in [-0.3, -0.25) is 4.68 Å². The zero-order valence-corrected chi connectivity index (χ0v) is 13.8. The summed E-state index contributed by atoms with van der Waals surface area (Å²) in [6.45, 7) is 2.44. The lowest BCUT2D eigenvalue weighted by atomic mass is 10.1. The van der Waals surface area contributed by atoms with E-state index in [-0.39, 0.29) is 5.82 Å². The van der Waals surface area contributed by atoms with Crippen molar-refractivity contribution in [3.8, 4) is 22.0 Å². The van der Waals surface area contributed by atoms with E-state index in [4.69, 9.17) is 4.42 Å². The number of benzene rings is 1. The molecule has 6 heteroatoms. The molecular weight excluding hydrogens is 325 g/mol. The van der Waals surface area contributed by atoms with Crippen molar-refractivity contribution in [1.82, 2.24) is 14.8 Å². The molecule has 0 N–H and O–H groups in total. The largest absolute Gasteiger partial charge is 0.440 e. The summed E-state index contributed by atoms with van der Waals surface area (Å²) in [6, 6.07) is 12.2. The molecule has 0 saturated heterocycles. The summed E-state index contributed by atoms with van der Waals surface area (Å²) in [6.07, 6.45) is 1.89. The zero-order chi connectivity index (χ0) is 16.5. The number of aromatic nitrogens is 3. The van der Waals surface area contributed by atoms with Crippen LogP contribution in [0.25, 0.3) is 22.0 Å². The molecule has 1 aromatic carbocycles. The average molecular weight is 339 g/mol. The van der Waals surface area contributed by atoms with Crippen molar-refractivity contribution in [2.75, 3.05) is 0 Å². The van der Waals surface area contributed by atoms with Gasteiger partial charge in [-0.2, -0.15) is 5.10 Å². The van der Waals surface area contributed by atoms with E-state index in [0.717, 1.165) is 27.6 Å². The highest BCUT2D eigenvalue weighted by molar-refractivity contribution is 7.13. The van der Waals surface area contributed by atoms with E-state index in [1.165, 1.54) is 12.1 Å². The van der Waals surface area contributed by atoms with Gasteiger partial charge in [0, 0.05) is 11.8 Å². The second-order valence-electron chi connectivity index (χ2n) is 5.40. The van der Waals surface area contributed by atoms with Gasteiger partial charge in [0.2, 0.25) is 5.89 Å².